The number of nitrogens with two attached hydrogens (primary N) is 1. The first-order valence-electron chi connectivity index (χ1n) is 5.54. The molecule has 20 heavy (non-hydrogen) atoms. The first kappa shape index (κ1) is 14.3. The van der Waals surface area contributed by atoms with Crippen LogP contribution in [0.25, 0.3) is 0 Å². The lowest BCUT2D eigenvalue weighted by molar-refractivity contribution is 0.0995. The van der Waals surface area contributed by atoms with Crippen molar-refractivity contribution < 1.29 is 18.4 Å². The molecule has 2 amide bonds. The monoisotopic (exact) mass is 340 g/mol. The number of rotatable bonds is 3. The van der Waals surface area contributed by atoms with E-state index < -0.39 is 17.6 Å². The Morgan fingerprint density at radius 3 is 2.65 bits per heavy atom. The highest BCUT2D eigenvalue weighted by Gasteiger charge is 2.16. The Labute approximate surface area is 122 Å². The maximum Gasteiger partial charge on any atom is 0.260 e. The van der Waals surface area contributed by atoms with Gasteiger partial charge in [-0.1, -0.05) is 0 Å². The highest BCUT2D eigenvalue weighted by molar-refractivity contribution is 9.10. The van der Waals surface area contributed by atoms with Crippen molar-refractivity contribution in [3.8, 4) is 0 Å². The van der Waals surface area contributed by atoms with E-state index in [-0.39, 0.29) is 27.0 Å². The number of furan rings is 1. The van der Waals surface area contributed by atoms with Gasteiger partial charge in [-0.2, -0.15) is 0 Å². The normalized spacial score (nSPS) is 10.3. The van der Waals surface area contributed by atoms with Crippen LogP contribution in [0.5, 0.6) is 0 Å². The smallest absolute Gasteiger partial charge is 0.260 e. The van der Waals surface area contributed by atoms with E-state index in [4.69, 9.17) is 10.2 Å². The van der Waals surface area contributed by atoms with Crippen LogP contribution in [-0.2, 0) is 0 Å². The number of benzene rings is 1. The van der Waals surface area contributed by atoms with E-state index in [0.29, 0.717) is 0 Å². The molecule has 0 fully saturated rings. The molecule has 0 spiro atoms. The summed E-state index contributed by atoms with van der Waals surface area (Å²) in [6.45, 7) is 1.49. The molecule has 2 aromatic rings. The Bertz CT molecular complexity index is 697. The average Bonchev–Trinajstić information content (AvgIpc) is 2.80. The number of primary amides is 1. The number of hydrogen-bond donors (Lipinski definition) is 2. The summed E-state index contributed by atoms with van der Waals surface area (Å²) in [7, 11) is 0. The maximum absolute atomic E-state index is 13.7. The Kier molecular flexibility index (Phi) is 3.89. The van der Waals surface area contributed by atoms with Gasteiger partial charge in [0.05, 0.1) is 11.8 Å². The highest BCUT2D eigenvalue weighted by Crippen LogP contribution is 2.23. The Balaban J connectivity index is 2.36. The Morgan fingerprint density at radius 2 is 2.10 bits per heavy atom. The molecule has 104 valence electrons. The zero-order valence-corrected chi connectivity index (χ0v) is 12.0. The summed E-state index contributed by atoms with van der Waals surface area (Å²) in [5.74, 6) is -1.89. The third kappa shape index (κ3) is 2.72. The van der Waals surface area contributed by atoms with Crippen molar-refractivity contribution in [1.82, 2.24) is 0 Å². The van der Waals surface area contributed by atoms with Gasteiger partial charge in [-0.05, 0) is 41.1 Å². The van der Waals surface area contributed by atoms with Gasteiger partial charge in [0.25, 0.3) is 5.91 Å². The number of carbonyl (C=O) groups excluding carboxylic acids is 2. The van der Waals surface area contributed by atoms with E-state index in [1.165, 1.54) is 25.3 Å². The van der Waals surface area contributed by atoms with Crippen molar-refractivity contribution >= 4 is 33.4 Å². The van der Waals surface area contributed by atoms with Gasteiger partial charge < -0.3 is 15.5 Å². The van der Waals surface area contributed by atoms with Crippen LogP contribution < -0.4 is 11.1 Å². The lowest BCUT2D eigenvalue weighted by Crippen LogP contribution is -2.16. The van der Waals surface area contributed by atoms with Crippen molar-refractivity contribution in [1.29, 1.82) is 0 Å². The average molecular weight is 341 g/mol. The Morgan fingerprint density at radius 1 is 1.40 bits per heavy atom. The second kappa shape index (κ2) is 5.46. The number of halogens is 2. The maximum atomic E-state index is 13.7. The van der Waals surface area contributed by atoms with Crippen LogP contribution in [0.15, 0.2) is 33.5 Å². The van der Waals surface area contributed by atoms with E-state index in [2.05, 4.69) is 21.2 Å². The number of hydrogen-bond acceptors (Lipinski definition) is 3. The molecule has 1 aromatic carbocycles. The predicted octanol–water partition coefficient (Wildman–Crippen LogP) is 2.84. The van der Waals surface area contributed by atoms with Crippen LogP contribution in [0.4, 0.5) is 10.1 Å². The van der Waals surface area contributed by atoms with Gasteiger partial charge in [-0.25, -0.2) is 4.39 Å². The highest BCUT2D eigenvalue weighted by atomic mass is 79.9. The number of carbonyl (C=O) groups is 2. The number of anilines is 1. The molecule has 0 aliphatic rings. The van der Waals surface area contributed by atoms with Crippen LogP contribution >= 0.6 is 15.9 Å². The van der Waals surface area contributed by atoms with Crippen LogP contribution in [0, 0.1) is 12.7 Å². The third-order valence-corrected chi connectivity index (χ3v) is 3.35. The van der Waals surface area contributed by atoms with E-state index in [0.717, 1.165) is 6.07 Å². The van der Waals surface area contributed by atoms with E-state index in [1.807, 2.05) is 0 Å². The molecule has 7 heteroatoms. The second-order valence-corrected chi connectivity index (χ2v) is 4.78. The number of nitrogens with one attached hydrogen (secondary N) is 1. The lowest BCUT2D eigenvalue weighted by Gasteiger charge is -2.10. The first-order chi connectivity index (χ1) is 9.40. The summed E-state index contributed by atoms with van der Waals surface area (Å²) < 4.78 is 18.9. The van der Waals surface area contributed by atoms with Crippen molar-refractivity contribution in [2.24, 2.45) is 5.73 Å². The lowest BCUT2D eigenvalue weighted by atomic mass is 10.1. The molecule has 2 rings (SSSR count). The molecule has 1 aromatic heterocycles. The molecule has 0 unspecified atom stereocenters. The van der Waals surface area contributed by atoms with Gasteiger partial charge in [0, 0.05) is 16.8 Å². The van der Waals surface area contributed by atoms with Crippen molar-refractivity contribution in [3.63, 3.8) is 0 Å². The van der Waals surface area contributed by atoms with Gasteiger partial charge >= 0.3 is 0 Å². The van der Waals surface area contributed by atoms with Crippen LogP contribution in [0.3, 0.4) is 0 Å². The molecule has 0 atom stereocenters. The molecule has 0 bridgehead atoms. The minimum Gasteiger partial charge on any atom is -0.457 e. The zero-order chi connectivity index (χ0) is 14.9. The predicted molar refractivity (Wildman–Crippen MR) is 74.0 cm³/mol. The fourth-order valence-electron chi connectivity index (χ4n) is 1.60. The standard InChI is InChI=1S/C13H10BrFN2O3/c1-6-9(15)4-7(12(16)18)5-10(6)17-13(19)8-2-3-20-11(8)14/h2-5H,1H3,(H2,16,18)(H,17,19). The number of amides is 2. The van der Waals surface area contributed by atoms with Crippen LogP contribution in [0.2, 0.25) is 0 Å². The van der Waals surface area contributed by atoms with E-state index in [9.17, 15) is 14.0 Å². The Hall–Kier alpha value is -2.15. The van der Waals surface area contributed by atoms with Gasteiger partial charge in [0.2, 0.25) is 5.91 Å². The molecule has 0 aliphatic heterocycles. The van der Waals surface area contributed by atoms with Gasteiger partial charge in [-0.15, -0.1) is 0 Å². The van der Waals surface area contributed by atoms with Gasteiger partial charge in [0.1, 0.15) is 5.82 Å². The molecule has 3 N–H and O–H groups in total. The SMILES string of the molecule is Cc1c(F)cc(C(N)=O)cc1NC(=O)c1ccoc1Br. The van der Waals surface area contributed by atoms with E-state index in [1.54, 1.807) is 0 Å². The first-order valence-corrected chi connectivity index (χ1v) is 6.33. The molecule has 0 radical (unpaired) electrons. The summed E-state index contributed by atoms with van der Waals surface area (Å²) >= 11 is 3.08. The van der Waals surface area contributed by atoms with Crippen LogP contribution in [0.1, 0.15) is 26.3 Å². The molecule has 1 heterocycles. The van der Waals surface area contributed by atoms with Crippen LogP contribution in [-0.4, -0.2) is 11.8 Å². The molecule has 0 saturated carbocycles. The second-order valence-electron chi connectivity index (χ2n) is 4.06. The van der Waals surface area contributed by atoms with Crippen molar-refractivity contribution in [3.05, 3.63) is 51.6 Å². The molecule has 5 nitrogen and oxygen atoms in total. The third-order valence-electron chi connectivity index (χ3n) is 2.74. The molecule has 0 saturated heterocycles. The minimum absolute atomic E-state index is 0.0188. The van der Waals surface area contributed by atoms with Crippen molar-refractivity contribution in [2.45, 2.75) is 6.92 Å². The summed E-state index contributed by atoms with van der Waals surface area (Å²) in [5, 5.41) is 2.51. The summed E-state index contributed by atoms with van der Waals surface area (Å²) in [6.07, 6.45) is 1.34. The van der Waals surface area contributed by atoms with E-state index >= 15 is 0 Å². The van der Waals surface area contributed by atoms with Crippen molar-refractivity contribution in [2.75, 3.05) is 5.32 Å². The molecule has 0 aliphatic carbocycles. The quantitative estimate of drug-likeness (QED) is 0.900. The fraction of sp³-hybridized carbons (Fsp3) is 0.0769. The molecular weight excluding hydrogens is 331 g/mol. The topological polar surface area (TPSA) is 85.3 Å². The summed E-state index contributed by atoms with van der Waals surface area (Å²) in [4.78, 5) is 23.1. The van der Waals surface area contributed by atoms with Gasteiger partial charge in [-0.3, -0.25) is 9.59 Å². The summed E-state index contributed by atoms with van der Waals surface area (Å²) in [5.41, 5.74) is 5.74. The summed E-state index contributed by atoms with van der Waals surface area (Å²) in [6, 6.07) is 3.82. The largest absolute Gasteiger partial charge is 0.457 e. The molecular formula is C13H10BrFN2O3. The zero-order valence-electron chi connectivity index (χ0n) is 10.4. The van der Waals surface area contributed by atoms with Gasteiger partial charge in [0.15, 0.2) is 4.67 Å². The minimum atomic E-state index is -0.774. The fourth-order valence-corrected chi connectivity index (χ4v) is 2.02.